The first kappa shape index (κ1) is 11.7. The Morgan fingerprint density at radius 3 is 2.69 bits per heavy atom. The number of hydrogen-bond acceptors (Lipinski definition) is 1. The Balaban J connectivity index is 1.97. The van der Waals surface area contributed by atoms with E-state index < -0.39 is 0 Å². The highest BCUT2D eigenvalue weighted by Gasteiger charge is 2.21. The third-order valence-corrected chi connectivity index (χ3v) is 3.40. The number of benzene rings is 1. The van der Waals surface area contributed by atoms with Crippen molar-refractivity contribution in [2.24, 2.45) is 5.92 Å². The highest BCUT2D eigenvalue weighted by molar-refractivity contribution is 5.20. The maximum Gasteiger partial charge on any atom is 0.00504 e. The molecule has 16 heavy (non-hydrogen) atoms. The lowest BCUT2D eigenvalue weighted by atomic mass is 9.90. The average molecular weight is 217 g/mol. The van der Waals surface area contributed by atoms with Gasteiger partial charge in [0.05, 0.1) is 0 Å². The van der Waals surface area contributed by atoms with E-state index in [0.29, 0.717) is 0 Å². The van der Waals surface area contributed by atoms with Gasteiger partial charge >= 0.3 is 0 Å². The molecule has 0 amide bonds. The van der Waals surface area contributed by atoms with Gasteiger partial charge in [0.1, 0.15) is 0 Å². The van der Waals surface area contributed by atoms with E-state index in [2.05, 4.69) is 49.1 Å². The van der Waals surface area contributed by atoms with Gasteiger partial charge in [-0.2, -0.15) is 0 Å². The van der Waals surface area contributed by atoms with E-state index in [1.807, 2.05) is 0 Å². The van der Waals surface area contributed by atoms with Crippen molar-refractivity contribution in [3.63, 3.8) is 0 Å². The monoisotopic (exact) mass is 217 g/mol. The van der Waals surface area contributed by atoms with Crippen LogP contribution in [0.1, 0.15) is 38.2 Å². The van der Waals surface area contributed by atoms with E-state index in [0.717, 1.165) is 11.8 Å². The van der Waals surface area contributed by atoms with Gasteiger partial charge in [-0.05, 0) is 36.8 Å². The van der Waals surface area contributed by atoms with E-state index >= 15 is 0 Å². The smallest absolute Gasteiger partial charge is 0.00504 e. The number of piperidine rings is 1. The van der Waals surface area contributed by atoms with E-state index in [9.17, 15) is 0 Å². The second kappa shape index (κ2) is 5.49. The maximum absolute atomic E-state index is 2.63. The van der Waals surface area contributed by atoms with Crippen molar-refractivity contribution in [1.82, 2.24) is 4.90 Å². The molecule has 1 heteroatoms. The predicted molar refractivity (Wildman–Crippen MR) is 69.7 cm³/mol. The molecule has 0 aliphatic carbocycles. The molecule has 88 valence electrons. The first-order valence-electron chi connectivity index (χ1n) is 6.53. The van der Waals surface area contributed by atoms with Crippen LogP contribution in [0.15, 0.2) is 30.3 Å². The third-order valence-electron chi connectivity index (χ3n) is 3.40. The van der Waals surface area contributed by atoms with Gasteiger partial charge in [0.15, 0.2) is 0 Å². The van der Waals surface area contributed by atoms with Crippen LogP contribution in [-0.4, -0.2) is 24.5 Å². The molecule has 0 bridgehead atoms. The minimum absolute atomic E-state index is 0.758. The molecule has 1 aliphatic heterocycles. The van der Waals surface area contributed by atoms with Crippen molar-refractivity contribution >= 4 is 0 Å². The summed E-state index contributed by atoms with van der Waals surface area (Å²) in [7, 11) is 0. The number of rotatable bonds is 3. The molecule has 2 rings (SSSR count). The molecule has 1 atom stereocenters. The summed E-state index contributed by atoms with van der Waals surface area (Å²) < 4.78 is 0. The van der Waals surface area contributed by atoms with Crippen LogP contribution in [-0.2, 0) is 0 Å². The number of nitrogens with zero attached hydrogens (tertiary/aromatic N) is 1. The van der Waals surface area contributed by atoms with Gasteiger partial charge in [-0.3, -0.25) is 0 Å². The van der Waals surface area contributed by atoms with Crippen molar-refractivity contribution in [3.05, 3.63) is 35.9 Å². The summed E-state index contributed by atoms with van der Waals surface area (Å²) in [6, 6.07) is 11.0. The summed E-state index contributed by atoms with van der Waals surface area (Å²) in [6.45, 7) is 8.42. The Bertz CT molecular complexity index is 304. The zero-order chi connectivity index (χ0) is 11.4. The van der Waals surface area contributed by atoms with Crippen LogP contribution in [0, 0.1) is 5.92 Å². The maximum atomic E-state index is 2.63. The van der Waals surface area contributed by atoms with Crippen LogP contribution >= 0.6 is 0 Å². The molecule has 0 radical (unpaired) electrons. The van der Waals surface area contributed by atoms with Gasteiger partial charge in [-0.1, -0.05) is 44.2 Å². The lowest BCUT2D eigenvalue weighted by Crippen LogP contribution is -2.36. The van der Waals surface area contributed by atoms with E-state index in [1.54, 1.807) is 0 Å². The highest BCUT2D eigenvalue weighted by Crippen LogP contribution is 2.26. The molecule has 1 heterocycles. The molecular weight excluding hydrogens is 194 g/mol. The molecule has 0 N–H and O–H groups in total. The van der Waals surface area contributed by atoms with Crippen molar-refractivity contribution in [1.29, 1.82) is 0 Å². The lowest BCUT2D eigenvalue weighted by Gasteiger charge is -2.34. The van der Waals surface area contributed by atoms with Crippen LogP contribution in [0.2, 0.25) is 0 Å². The van der Waals surface area contributed by atoms with E-state index in [1.165, 1.54) is 38.0 Å². The zero-order valence-corrected chi connectivity index (χ0v) is 10.5. The second-order valence-corrected chi connectivity index (χ2v) is 5.40. The molecule has 0 spiro atoms. The van der Waals surface area contributed by atoms with Crippen molar-refractivity contribution in [2.75, 3.05) is 19.6 Å². The summed E-state index contributed by atoms with van der Waals surface area (Å²) >= 11 is 0. The van der Waals surface area contributed by atoms with Crippen molar-refractivity contribution in [3.8, 4) is 0 Å². The molecule has 1 aliphatic rings. The van der Waals surface area contributed by atoms with E-state index in [4.69, 9.17) is 0 Å². The van der Waals surface area contributed by atoms with Crippen LogP contribution in [0.4, 0.5) is 0 Å². The summed E-state index contributed by atoms with van der Waals surface area (Å²) in [5.74, 6) is 1.54. The molecule has 0 saturated carbocycles. The third kappa shape index (κ3) is 3.08. The van der Waals surface area contributed by atoms with Gasteiger partial charge in [0.25, 0.3) is 0 Å². The Labute approximate surface area is 99.5 Å². The van der Waals surface area contributed by atoms with Gasteiger partial charge in [0.2, 0.25) is 0 Å². The fourth-order valence-electron chi connectivity index (χ4n) is 2.74. The normalized spacial score (nSPS) is 22.6. The first-order chi connectivity index (χ1) is 7.75. The number of likely N-dealkylation sites (tertiary alicyclic amines) is 1. The van der Waals surface area contributed by atoms with Gasteiger partial charge in [-0.25, -0.2) is 0 Å². The predicted octanol–water partition coefficient (Wildman–Crippen LogP) is 3.52. The first-order valence-corrected chi connectivity index (χ1v) is 6.53. The minimum atomic E-state index is 0.758. The molecule has 1 fully saturated rings. The molecule has 0 aromatic heterocycles. The summed E-state index contributed by atoms with van der Waals surface area (Å²) in [5, 5.41) is 0. The summed E-state index contributed by atoms with van der Waals surface area (Å²) in [5.41, 5.74) is 1.52. The number of hydrogen-bond donors (Lipinski definition) is 0. The fourth-order valence-corrected chi connectivity index (χ4v) is 2.74. The lowest BCUT2D eigenvalue weighted by molar-refractivity contribution is 0.188. The Morgan fingerprint density at radius 1 is 1.25 bits per heavy atom. The minimum Gasteiger partial charge on any atom is -0.302 e. The topological polar surface area (TPSA) is 3.24 Å². The Kier molecular flexibility index (Phi) is 4.00. The quantitative estimate of drug-likeness (QED) is 0.748. The van der Waals surface area contributed by atoms with Crippen LogP contribution in [0.25, 0.3) is 0 Å². The van der Waals surface area contributed by atoms with Crippen molar-refractivity contribution < 1.29 is 0 Å². The molecule has 1 nitrogen and oxygen atoms in total. The Morgan fingerprint density at radius 2 is 2.00 bits per heavy atom. The summed E-state index contributed by atoms with van der Waals surface area (Å²) in [4.78, 5) is 2.63. The molecular formula is C15H23N. The van der Waals surface area contributed by atoms with Crippen LogP contribution in [0.3, 0.4) is 0 Å². The SMILES string of the molecule is CC(C)CN1CCCC(c2ccccc2)C1. The van der Waals surface area contributed by atoms with Crippen LogP contribution in [0.5, 0.6) is 0 Å². The average Bonchev–Trinajstić information content (AvgIpc) is 2.30. The zero-order valence-electron chi connectivity index (χ0n) is 10.5. The fraction of sp³-hybridized carbons (Fsp3) is 0.600. The van der Waals surface area contributed by atoms with Gasteiger partial charge in [-0.15, -0.1) is 0 Å². The van der Waals surface area contributed by atoms with Gasteiger partial charge < -0.3 is 4.90 Å². The molecule has 1 unspecified atom stereocenters. The van der Waals surface area contributed by atoms with Crippen LogP contribution < -0.4 is 0 Å². The Hall–Kier alpha value is -0.820. The molecule has 1 aromatic rings. The molecule has 1 saturated heterocycles. The second-order valence-electron chi connectivity index (χ2n) is 5.40. The summed E-state index contributed by atoms with van der Waals surface area (Å²) in [6.07, 6.45) is 2.71. The van der Waals surface area contributed by atoms with Gasteiger partial charge in [0, 0.05) is 13.1 Å². The standard InChI is InChI=1S/C15H23N/c1-13(2)11-16-10-6-9-15(12-16)14-7-4-3-5-8-14/h3-5,7-8,13,15H,6,9-12H2,1-2H3. The molecule has 1 aromatic carbocycles. The van der Waals surface area contributed by atoms with Crippen molar-refractivity contribution in [2.45, 2.75) is 32.6 Å². The largest absolute Gasteiger partial charge is 0.302 e. The van der Waals surface area contributed by atoms with E-state index in [-0.39, 0.29) is 0 Å². The highest BCUT2D eigenvalue weighted by atomic mass is 15.1.